The van der Waals surface area contributed by atoms with Crippen molar-refractivity contribution in [2.45, 2.75) is 163 Å². The van der Waals surface area contributed by atoms with Gasteiger partial charge in [-0.3, -0.25) is 4.90 Å². The molecule has 0 radical (unpaired) electrons. The van der Waals surface area contributed by atoms with Gasteiger partial charge >= 0.3 is 5.97 Å². The molecule has 0 spiro atoms. The number of ether oxygens (including phenoxy) is 3. The predicted molar refractivity (Wildman–Crippen MR) is 196 cm³/mol. The molecule has 2 aromatic carbocycles. The Morgan fingerprint density at radius 1 is 0.939 bits per heavy atom. The minimum Gasteiger partial charge on any atom is -0.490 e. The molecule has 6 heteroatoms. The molecule has 2 fully saturated rings. The number of rotatable bonds is 7. The van der Waals surface area contributed by atoms with Gasteiger partial charge < -0.3 is 14.2 Å². The van der Waals surface area contributed by atoms with Crippen molar-refractivity contribution in [2.24, 2.45) is 17.8 Å². The van der Waals surface area contributed by atoms with Crippen LogP contribution in [-0.4, -0.2) is 41.8 Å². The molecule has 4 atom stereocenters. The highest BCUT2D eigenvalue weighted by Crippen LogP contribution is 2.47. The molecule has 0 amide bonds. The Hall–Kier alpha value is -2.44. The lowest BCUT2D eigenvalue weighted by atomic mass is 9.75. The van der Waals surface area contributed by atoms with Crippen molar-refractivity contribution >= 4 is 5.97 Å². The van der Waals surface area contributed by atoms with Gasteiger partial charge in [0.25, 0.3) is 0 Å². The molecule has 49 heavy (non-hydrogen) atoms. The van der Waals surface area contributed by atoms with Crippen LogP contribution in [-0.2, 0) is 33.7 Å². The molecule has 2 aliphatic heterocycles. The Morgan fingerprint density at radius 3 is 2.37 bits per heavy atom. The lowest BCUT2D eigenvalue weighted by molar-refractivity contribution is -0.178. The number of benzene rings is 2. The highest BCUT2D eigenvalue weighted by Gasteiger charge is 2.40. The maximum atomic E-state index is 16.0. The summed E-state index contributed by atoms with van der Waals surface area (Å²) < 4.78 is 35.4. The molecule has 1 unspecified atom stereocenters. The van der Waals surface area contributed by atoms with E-state index in [9.17, 15) is 4.79 Å². The zero-order valence-electron chi connectivity index (χ0n) is 31.9. The van der Waals surface area contributed by atoms with Crippen molar-refractivity contribution in [3.63, 3.8) is 0 Å². The normalized spacial score (nSPS) is 24.3. The van der Waals surface area contributed by atoms with Crippen LogP contribution in [0.15, 0.2) is 6.07 Å². The standard InChI is InChI=1S/C43H62FNO4/c1-25(2)31-18-17-26(3)22-37(31)48-42(46)41(49-43(7,8)9)39-28(5)32-19-20-45(30-14-11-10-12-15-30)24-35(32)29(6)38(39)34-23-36(44)40-33(27(34)4)16-13-21-47-40/h23,25-26,30-31,37,41H,10-22,24H2,1-9H3/t26-,31+,37+,41?/m1/s1. The Bertz CT molecular complexity index is 1530. The van der Waals surface area contributed by atoms with Gasteiger partial charge in [0.1, 0.15) is 6.10 Å². The van der Waals surface area contributed by atoms with Gasteiger partial charge in [-0.2, -0.15) is 0 Å². The average Bonchev–Trinajstić information content (AvgIpc) is 3.07. The fourth-order valence-electron chi connectivity index (χ4n) is 9.64. The lowest BCUT2D eigenvalue weighted by Crippen LogP contribution is -2.41. The fraction of sp³-hybridized carbons (Fsp3) is 0.698. The minimum absolute atomic E-state index is 0.145. The predicted octanol–water partition coefficient (Wildman–Crippen LogP) is 10.3. The van der Waals surface area contributed by atoms with Crippen LogP contribution in [0.25, 0.3) is 11.1 Å². The van der Waals surface area contributed by atoms with Crippen molar-refractivity contribution < 1.29 is 23.4 Å². The second-order valence-corrected chi connectivity index (χ2v) is 17.2. The number of nitrogens with zero attached hydrogens (tertiary/aromatic N) is 1. The van der Waals surface area contributed by atoms with Crippen molar-refractivity contribution in [3.8, 4) is 16.9 Å². The molecule has 6 rings (SSSR count). The van der Waals surface area contributed by atoms with Gasteiger partial charge in [-0.25, -0.2) is 9.18 Å². The number of carbonyl (C=O) groups excluding carboxylic acids is 1. The number of carbonyl (C=O) groups is 1. The number of esters is 1. The third-order valence-electron chi connectivity index (χ3n) is 12.3. The number of fused-ring (bicyclic) bond motifs is 2. The molecular weight excluding hydrogens is 613 g/mol. The van der Waals surface area contributed by atoms with Gasteiger partial charge in [-0.1, -0.05) is 46.5 Å². The second kappa shape index (κ2) is 14.7. The molecule has 0 N–H and O–H groups in total. The van der Waals surface area contributed by atoms with Crippen molar-refractivity contribution in [1.29, 1.82) is 0 Å². The van der Waals surface area contributed by atoms with E-state index < -0.39 is 11.7 Å². The van der Waals surface area contributed by atoms with E-state index in [1.165, 1.54) is 43.2 Å². The highest BCUT2D eigenvalue weighted by atomic mass is 19.1. The summed E-state index contributed by atoms with van der Waals surface area (Å²) in [7, 11) is 0. The van der Waals surface area contributed by atoms with Crippen LogP contribution >= 0.6 is 0 Å². The molecule has 270 valence electrons. The molecule has 4 aliphatic rings. The topological polar surface area (TPSA) is 48.0 Å². The SMILES string of the molecule is Cc1c(-c2c(C)c3c(c(C)c2C(OC(C)(C)C)C(=O)O[C@H]2C[C@H](C)CC[C@H]2C(C)C)CCN(C2CCCCC2)C3)cc(F)c2c1CCCO2. The summed E-state index contributed by atoms with van der Waals surface area (Å²) in [6.45, 7) is 21.7. The molecular formula is C43H62FNO4. The van der Waals surface area contributed by atoms with Crippen molar-refractivity contribution in [2.75, 3.05) is 13.2 Å². The van der Waals surface area contributed by atoms with E-state index in [1.807, 2.05) is 20.8 Å². The van der Waals surface area contributed by atoms with E-state index in [0.717, 1.165) is 90.6 Å². The van der Waals surface area contributed by atoms with Crippen LogP contribution in [0.1, 0.15) is 144 Å². The van der Waals surface area contributed by atoms with E-state index in [2.05, 4.69) is 46.4 Å². The van der Waals surface area contributed by atoms with E-state index in [0.29, 0.717) is 36.2 Å². The maximum Gasteiger partial charge on any atom is 0.340 e. The zero-order valence-corrected chi connectivity index (χ0v) is 31.9. The molecule has 2 heterocycles. The molecule has 0 aromatic heterocycles. The third kappa shape index (κ3) is 7.47. The Kier molecular flexibility index (Phi) is 10.9. The third-order valence-corrected chi connectivity index (χ3v) is 12.3. The second-order valence-electron chi connectivity index (χ2n) is 17.2. The summed E-state index contributed by atoms with van der Waals surface area (Å²) in [5.41, 5.74) is 8.89. The lowest BCUT2D eigenvalue weighted by Gasteiger charge is -2.41. The summed E-state index contributed by atoms with van der Waals surface area (Å²) in [4.78, 5) is 17.5. The van der Waals surface area contributed by atoms with Crippen LogP contribution in [0.3, 0.4) is 0 Å². The van der Waals surface area contributed by atoms with Crippen LogP contribution in [0.4, 0.5) is 4.39 Å². The summed E-state index contributed by atoms with van der Waals surface area (Å²) in [6.07, 6.45) is 11.1. The van der Waals surface area contributed by atoms with Crippen molar-refractivity contribution in [1.82, 2.24) is 4.90 Å². The van der Waals surface area contributed by atoms with E-state index in [1.54, 1.807) is 6.07 Å². The Labute approximate surface area is 295 Å². The molecule has 2 saturated carbocycles. The maximum absolute atomic E-state index is 16.0. The summed E-state index contributed by atoms with van der Waals surface area (Å²) >= 11 is 0. The summed E-state index contributed by atoms with van der Waals surface area (Å²) in [6, 6.07) is 2.28. The van der Waals surface area contributed by atoms with E-state index in [4.69, 9.17) is 14.2 Å². The van der Waals surface area contributed by atoms with Gasteiger partial charge in [-0.15, -0.1) is 0 Å². The van der Waals surface area contributed by atoms with E-state index in [-0.39, 0.29) is 17.9 Å². The molecule has 2 aliphatic carbocycles. The van der Waals surface area contributed by atoms with Gasteiger partial charge in [0, 0.05) is 30.3 Å². The van der Waals surface area contributed by atoms with Gasteiger partial charge in [0.2, 0.25) is 0 Å². The Balaban J connectivity index is 1.53. The van der Waals surface area contributed by atoms with Gasteiger partial charge in [0.05, 0.1) is 12.2 Å². The van der Waals surface area contributed by atoms with Crippen LogP contribution in [0.2, 0.25) is 0 Å². The van der Waals surface area contributed by atoms with Crippen LogP contribution in [0.5, 0.6) is 5.75 Å². The minimum atomic E-state index is -0.935. The highest BCUT2D eigenvalue weighted by molar-refractivity contribution is 5.86. The monoisotopic (exact) mass is 675 g/mol. The summed E-state index contributed by atoms with van der Waals surface area (Å²) in [5.74, 6) is 0.996. The first-order valence-electron chi connectivity index (χ1n) is 19.5. The zero-order chi connectivity index (χ0) is 35.2. The van der Waals surface area contributed by atoms with E-state index >= 15 is 4.39 Å². The number of halogens is 1. The molecule has 0 bridgehead atoms. The first-order chi connectivity index (χ1) is 23.2. The first-order valence-corrected chi connectivity index (χ1v) is 19.5. The number of hydrogen-bond donors (Lipinski definition) is 0. The first kappa shape index (κ1) is 36.4. The van der Waals surface area contributed by atoms with Gasteiger partial charge in [-0.05, 0) is 149 Å². The van der Waals surface area contributed by atoms with Gasteiger partial charge in [0.15, 0.2) is 17.7 Å². The molecule has 0 saturated heterocycles. The fourth-order valence-corrected chi connectivity index (χ4v) is 9.64. The van der Waals surface area contributed by atoms with Crippen LogP contribution in [0, 0.1) is 44.3 Å². The van der Waals surface area contributed by atoms with Crippen LogP contribution < -0.4 is 4.74 Å². The largest absolute Gasteiger partial charge is 0.490 e. The quantitative estimate of drug-likeness (QED) is 0.274. The molecule has 2 aromatic rings. The summed E-state index contributed by atoms with van der Waals surface area (Å²) in [5, 5.41) is 0. The van der Waals surface area contributed by atoms with Crippen molar-refractivity contribution in [3.05, 3.63) is 50.8 Å². The average molecular weight is 676 g/mol. The number of hydrogen-bond acceptors (Lipinski definition) is 5. The molecule has 5 nitrogen and oxygen atoms in total. The Morgan fingerprint density at radius 2 is 1.67 bits per heavy atom. The smallest absolute Gasteiger partial charge is 0.340 e.